The molecule has 1 N–H and O–H groups in total. The number of likely N-dealkylation sites (N-methyl/N-ethyl adjacent to an activating group) is 1. The maximum atomic E-state index is 11.1. The van der Waals surface area contributed by atoms with Gasteiger partial charge in [-0.15, -0.1) is 0 Å². The number of likely N-dealkylation sites (tertiary alicyclic amines) is 1. The second-order valence-electron chi connectivity index (χ2n) is 6.21. The van der Waals surface area contributed by atoms with E-state index in [1.54, 1.807) is 12.1 Å². The topological polar surface area (TPSA) is 58.4 Å². The highest BCUT2D eigenvalue weighted by molar-refractivity contribution is 5.92. The monoisotopic (exact) mass is 287 g/mol. The van der Waals surface area contributed by atoms with Crippen molar-refractivity contribution in [1.82, 2.24) is 14.5 Å². The van der Waals surface area contributed by atoms with E-state index in [9.17, 15) is 4.79 Å². The molecule has 1 aromatic carbocycles. The molecule has 21 heavy (non-hydrogen) atoms. The van der Waals surface area contributed by atoms with Crippen LogP contribution in [0.3, 0.4) is 0 Å². The van der Waals surface area contributed by atoms with Crippen molar-refractivity contribution in [2.45, 2.75) is 32.2 Å². The van der Waals surface area contributed by atoms with E-state index in [1.807, 2.05) is 6.07 Å². The zero-order valence-electron chi connectivity index (χ0n) is 12.7. The summed E-state index contributed by atoms with van der Waals surface area (Å²) in [6, 6.07) is 5.67. The van der Waals surface area contributed by atoms with Crippen molar-refractivity contribution >= 4 is 17.0 Å². The van der Waals surface area contributed by atoms with Crippen LogP contribution in [0.4, 0.5) is 0 Å². The van der Waals surface area contributed by atoms with Crippen LogP contribution in [0.1, 0.15) is 48.4 Å². The third kappa shape index (κ3) is 2.42. The molecule has 1 saturated heterocycles. The first kappa shape index (κ1) is 14.1. The summed E-state index contributed by atoms with van der Waals surface area (Å²) in [7, 11) is 2.14. The number of benzene rings is 1. The molecule has 0 radical (unpaired) electrons. The number of carboxylic acid groups (broad SMARTS) is 1. The van der Waals surface area contributed by atoms with Gasteiger partial charge in [0.05, 0.1) is 16.6 Å². The van der Waals surface area contributed by atoms with Crippen LogP contribution in [-0.4, -0.2) is 45.7 Å². The lowest BCUT2D eigenvalue weighted by Crippen LogP contribution is -2.18. The van der Waals surface area contributed by atoms with Crippen molar-refractivity contribution in [2.75, 3.05) is 20.1 Å². The number of nitrogens with zero attached hydrogens (tertiary/aromatic N) is 3. The lowest BCUT2D eigenvalue weighted by molar-refractivity contribution is 0.0697. The van der Waals surface area contributed by atoms with Gasteiger partial charge in [0.25, 0.3) is 0 Å². The highest BCUT2D eigenvalue weighted by Crippen LogP contribution is 2.31. The average molecular weight is 287 g/mol. The van der Waals surface area contributed by atoms with E-state index in [-0.39, 0.29) is 0 Å². The summed E-state index contributed by atoms with van der Waals surface area (Å²) in [6.07, 6.45) is 1.11. The van der Waals surface area contributed by atoms with Crippen molar-refractivity contribution < 1.29 is 9.90 Å². The van der Waals surface area contributed by atoms with Crippen molar-refractivity contribution in [3.05, 3.63) is 29.6 Å². The molecule has 1 fully saturated rings. The summed E-state index contributed by atoms with van der Waals surface area (Å²) in [5, 5.41) is 9.13. The summed E-state index contributed by atoms with van der Waals surface area (Å²) in [4.78, 5) is 18.2. The first-order chi connectivity index (χ1) is 9.97. The van der Waals surface area contributed by atoms with Gasteiger partial charge in [-0.2, -0.15) is 0 Å². The molecule has 1 atom stereocenters. The Balaban J connectivity index is 2.16. The Labute approximate surface area is 124 Å². The fraction of sp³-hybridized carbons (Fsp3) is 0.500. The zero-order chi connectivity index (χ0) is 15.1. The molecule has 0 bridgehead atoms. The van der Waals surface area contributed by atoms with Crippen LogP contribution in [0, 0.1) is 0 Å². The first-order valence-electron chi connectivity index (χ1n) is 7.41. The molecule has 2 aromatic rings. The summed E-state index contributed by atoms with van der Waals surface area (Å²) in [6.45, 7) is 6.38. The van der Waals surface area contributed by atoms with Crippen molar-refractivity contribution in [1.29, 1.82) is 0 Å². The van der Waals surface area contributed by atoms with Crippen molar-refractivity contribution in [2.24, 2.45) is 0 Å². The molecule has 5 heteroatoms. The van der Waals surface area contributed by atoms with E-state index in [2.05, 4.69) is 30.4 Å². The van der Waals surface area contributed by atoms with Gasteiger partial charge in [0.2, 0.25) is 0 Å². The SMILES string of the molecule is CC(C)c1nc2cc(C(=O)O)ccc2n1C1CCN(C)C1. The smallest absolute Gasteiger partial charge is 0.335 e. The van der Waals surface area contributed by atoms with E-state index >= 15 is 0 Å². The summed E-state index contributed by atoms with van der Waals surface area (Å²) in [5.74, 6) is 0.461. The van der Waals surface area contributed by atoms with Crippen LogP contribution in [0.2, 0.25) is 0 Å². The minimum absolute atomic E-state index is 0.297. The zero-order valence-corrected chi connectivity index (χ0v) is 12.7. The second kappa shape index (κ2) is 5.15. The largest absolute Gasteiger partial charge is 0.478 e. The molecular formula is C16H21N3O2. The molecule has 1 unspecified atom stereocenters. The van der Waals surface area contributed by atoms with Crippen LogP contribution in [0.15, 0.2) is 18.2 Å². The predicted octanol–water partition coefficient (Wildman–Crippen LogP) is 2.73. The third-order valence-electron chi connectivity index (χ3n) is 4.21. The number of carboxylic acids is 1. The van der Waals surface area contributed by atoms with Crippen LogP contribution in [-0.2, 0) is 0 Å². The number of aromatic carboxylic acids is 1. The quantitative estimate of drug-likeness (QED) is 0.943. The Morgan fingerprint density at radius 3 is 2.76 bits per heavy atom. The molecule has 1 aliphatic heterocycles. The van der Waals surface area contributed by atoms with Crippen LogP contribution < -0.4 is 0 Å². The summed E-state index contributed by atoms with van der Waals surface area (Å²) >= 11 is 0. The second-order valence-corrected chi connectivity index (χ2v) is 6.21. The predicted molar refractivity (Wildman–Crippen MR) is 81.9 cm³/mol. The Morgan fingerprint density at radius 2 is 2.19 bits per heavy atom. The van der Waals surface area contributed by atoms with Gasteiger partial charge in [-0.05, 0) is 38.2 Å². The number of hydrogen-bond acceptors (Lipinski definition) is 3. The summed E-state index contributed by atoms with van der Waals surface area (Å²) in [5.41, 5.74) is 2.13. The molecule has 2 heterocycles. The number of carbonyl (C=O) groups is 1. The van der Waals surface area contributed by atoms with Gasteiger partial charge in [0.15, 0.2) is 0 Å². The fourth-order valence-electron chi connectivity index (χ4n) is 3.16. The van der Waals surface area contributed by atoms with Gasteiger partial charge in [0, 0.05) is 18.5 Å². The van der Waals surface area contributed by atoms with Crippen LogP contribution in [0.25, 0.3) is 11.0 Å². The molecule has 0 saturated carbocycles. The number of aromatic nitrogens is 2. The van der Waals surface area contributed by atoms with E-state index in [0.717, 1.165) is 36.4 Å². The minimum atomic E-state index is -0.904. The van der Waals surface area contributed by atoms with Crippen molar-refractivity contribution in [3.8, 4) is 0 Å². The Bertz CT molecular complexity index is 690. The lowest BCUT2D eigenvalue weighted by atomic mass is 10.1. The van der Waals surface area contributed by atoms with Gasteiger partial charge in [-0.3, -0.25) is 0 Å². The minimum Gasteiger partial charge on any atom is -0.478 e. The van der Waals surface area contributed by atoms with E-state index in [1.165, 1.54) is 0 Å². The Morgan fingerprint density at radius 1 is 1.43 bits per heavy atom. The molecule has 3 rings (SSSR count). The van der Waals surface area contributed by atoms with E-state index in [4.69, 9.17) is 10.1 Å². The maximum Gasteiger partial charge on any atom is 0.335 e. The van der Waals surface area contributed by atoms with Gasteiger partial charge in [-0.25, -0.2) is 9.78 Å². The van der Waals surface area contributed by atoms with Crippen LogP contribution >= 0.6 is 0 Å². The normalized spacial score (nSPS) is 19.7. The summed E-state index contributed by atoms with van der Waals surface area (Å²) < 4.78 is 2.31. The number of fused-ring (bicyclic) bond motifs is 1. The van der Waals surface area contributed by atoms with Gasteiger partial charge in [0.1, 0.15) is 5.82 Å². The average Bonchev–Trinajstić information content (AvgIpc) is 3.00. The lowest BCUT2D eigenvalue weighted by Gasteiger charge is -2.18. The van der Waals surface area contributed by atoms with E-state index in [0.29, 0.717) is 17.5 Å². The third-order valence-corrected chi connectivity index (χ3v) is 4.21. The maximum absolute atomic E-state index is 11.1. The number of imidazole rings is 1. The Hall–Kier alpha value is -1.88. The standard InChI is InChI=1S/C16H21N3O2/c1-10(2)15-17-13-8-11(16(20)21)4-5-14(13)19(15)12-6-7-18(3)9-12/h4-5,8,10,12H,6-7,9H2,1-3H3,(H,20,21). The number of hydrogen-bond donors (Lipinski definition) is 1. The molecule has 1 aliphatic rings. The highest BCUT2D eigenvalue weighted by atomic mass is 16.4. The fourth-order valence-corrected chi connectivity index (χ4v) is 3.16. The van der Waals surface area contributed by atoms with Gasteiger partial charge in [-0.1, -0.05) is 13.8 Å². The number of rotatable bonds is 3. The highest BCUT2D eigenvalue weighted by Gasteiger charge is 2.26. The molecule has 0 spiro atoms. The first-order valence-corrected chi connectivity index (χ1v) is 7.41. The molecular weight excluding hydrogens is 266 g/mol. The Kier molecular flexibility index (Phi) is 3.45. The van der Waals surface area contributed by atoms with Crippen LogP contribution in [0.5, 0.6) is 0 Å². The van der Waals surface area contributed by atoms with Crippen molar-refractivity contribution in [3.63, 3.8) is 0 Å². The molecule has 112 valence electrons. The molecule has 5 nitrogen and oxygen atoms in total. The van der Waals surface area contributed by atoms with Gasteiger partial charge < -0.3 is 14.6 Å². The van der Waals surface area contributed by atoms with E-state index < -0.39 is 5.97 Å². The van der Waals surface area contributed by atoms with Gasteiger partial charge >= 0.3 is 5.97 Å². The molecule has 1 aromatic heterocycles. The molecule has 0 amide bonds. The molecule has 0 aliphatic carbocycles.